The molecule has 0 spiro atoms. The van der Waals surface area contributed by atoms with Crippen molar-refractivity contribution in [3.63, 3.8) is 0 Å². The van der Waals surface area contributed by atoms with Gasteiger partial charge in [0, 0.05) is 0 Å². The van der Waals surface area contributed by atoms with Gasteiger partial charge in [0.05, 0.1) is 8.07 Å². The van der Waals surface area contributed by atoms with Gasteiger partial charge in [0.25, 0.3) is 0 Å². The summed E-state index contributed by atoms with van der Waals surface area (Å²) in [5.41, 5.74) is 12.9. The molecule has 172 valence electrons. The van der Waals surface area contributed by atoms with E-state index in [0.717, 1.165) is 0 Å². The molecule has 32 heavy (non-hydrogen) atoms. The first-order chi connectivity index (χ1) is 14.7. The fourth-order valence-corrected chi connectivity index (χ4v) is 9.84. The van der Waals surface area contributed by atoms with Crippen LogP contribution in [-0.2, 0) is 14.7 Å². The van der Waals surface area contributed by atoms with Crippen molar-refractivity contribution >= 4 is 51.5 Å². The Morgan fingerprint density at radius 3 is 1.31 bits per heavy atom. The Balaban J connectivity index is 0.000000837. The first kappa shape index (κ1) is 27.8. The Morgan fingerprint density at radius 2 is 0.938 bits per heavy atom. The van der Waals surface area contributed by atoms with Crippen molar-refractivity contribution in [2.24, 2.45) is 0 Å². The van der Waals surface area contributed by atoms with Gasteiger partial charge in [-0.15, -0.1) is 5.19 Å². The van der Waals surface area contributed by atoms with Gasteiger partial charge >= 0.3 is 42.6 Å². The minimum atomic E-state index is -2.13. The van der Waals surface area contributed by atoms with Gasteiger partial charge < -0.3 is 0 Å². The second-order valence-corrected chi connectivity index (χ2v) is 21.0. The van der Waals surface area contributed by atoms with Crippen molar-refractivity contribution < 1.29 is 14.7 Å². The van der Waals surface area contributed by atoms with Gasteiger partial charge in [-0.05, 0) is 51.3 Å². The fourth-order valence-electron chi connectivity index (χ4n) is 5.01. The van der Waals surface area contributed by atoms with Crippen molar-refractivity contribution in [1.29, 1.82) is 0 Å². The fraction of sp³-hybridized carbons (Fsp3) is 0.370. The molecule has 3 rings (SSSR count). The normalized spacial score (nSPS) is 12.8. The topological polar surface area (TPSA) is 0 Å². The number of hydrogen-bond donors (Lipinski definition) is 0. The molecule has 0 aromatic heterocycles. The average Bonchev–Trinajstić information content (AvgIpc) is 2.87. The van der Waals surface area contributed by atoms with Crippen LogP contribution in [0.1, 0.15) is 50.1 Å². The van der Waals surface area contributed by atoms with Gasteiger partial charge in [0.15, 0.2) is 0 Å². The van der Waals surface area contributed by atoms with E-state index < -0.39 is 22.8 Å². The first-order valence-corrected chi connectivity index (χ1v) is 19.9. The molecule has 0 heterocycles. The van der Waals surface area contributed by atoms with Crippen LogP contribution in [0, 0.1) is 62.3 Å². The van der Waals surface area contributed by atoms with Crippen molar-refractivity contribution in [2.45, 2.75) is 68.9 Å². The molecule has 3 aromatic carbocycles. The molecule has 0 N–H and O–H groups in total. The summed E-state index contributed by atoms with van der Waals surface area (Å²) in [4.78, 5) is 0. The Morgan fingerprint density at radius 1 is 0.594 bits per heavy atom. The second kappa shape index (κ2) is 10.9. The first-order valence-electron chi connectivity index (χ1n) is 11.0. The Hall–Kier alpha value is -0.409. The molecule has 0 amide bonds. The minimum absolute atomic E-state index is 1.37. The summed E-state index contributed by atoms with van der Waals surface area (Å²) < 4.78 is 0. The van der Waals surface area contributed by atoms with Crippen LogP contribution >= 0.6 is 27.9 Å². The predicted octanol–water partition coefficient (Wildman–Crippen LogP) is 7.35. The molecule has 0 bridgehead atoms. The SMILES string of the molecule is Cc1cc(C)cc([Si](C)(c2cc(C)c(C)c(C)c2)[c-]2c(C)c(C)c(C)c2C)c1.[Cl][Ti+]([Cl])[Cl]. The molecule has 1 unspecified atom stereocenters. The molecule has 0 radical (unpaired) electrons. The van der Waals surface area contributed by atoms with Crippen LogP contribution < -0.4 is 15.6 Å². The van der Waals surface area contributed by atoms with Crippen molar-refractivity contribution in [1.82, 2.24) is 0 Å². The van der Waals surface area contributed by atoms with E-state index in [-0.39, 0.29) is 0 Å². The quantitative estimate of drug-likeness (QED) is 0.240. The summed E-state index contributed by atoms with van der Waals surface area (Å²) in [5.74, 6) is 0. The van der Waals surface area contributed by atoms with Gasteiger partial charge in [-0.3, -0.25) is 0 Å². The van der Waals surface area contributed by atoms with Gasteiger partial charge in [0.2, 0.25) is 0 Å². The molecule has 3 aromatic rings. The van der Waals surface area contributed by atoms with Gasteiger partial charge in [-0.25, -0.2) is 0 Å². The maximum atomic E-state index is 4.97. The zero-order valence-corrected chi connectivity index (χ0v) is 25.8. The number of aryl methyl sites for hydroxylation is 4. The Labute approximate surface area is 214 Å². The average molecular weight is 542 g/mol. The van der Waals surface area contributed by atoms with E-state index in [1.807, 2.05) is 0 Å². The summed E-state index contributed by atoms with van der Waals surface area (Å²) in [6.07, 6.45) is 0. The monoisotopic (exact) mass is 540 g/mol. The van der Waals surface area contributed by atoms with Crippen molar-refractivity contribution in [3.8, 4) is 0 Å². The Bertz CT molecular complexity index is 1060. The Kier molecular flexibility index (Phi) is 9.47. The summed E-state index contributed by atoms with van der Waals surface area (Å²) in [6, 6.07) is 12.1. The molecule has 0 nitrogen and oxygen atoms in total. The van der Waals surface area contributed by atoms with Crippen LogP contribution in [0.3, 0.4) is 0 Å². The van der Waals surface area contributed by atoms with Crippen molar-refractivity contribution in [2.75, 3.05) is 0 Å². The molecule has 0 aliphatic carbocycles. The summed E-state index contributed by atoms with van der Waals surface area (Å²) >= 11 is -1.92. The predicted molar refractivity (Wildman–Crippen MR) is 146 cm³/mol. The molecule has 0 fully saturated rings. The number of halogens is 3. The van der Waals surface area contributed by atoms with E-state index in [1.54, 1.807) is 5.19 Å². The van der Waals surface area contributed by atoms with Gasteiger partial charge in [0.1, 0.15) is 0 Å². The van der Waals surface area contributed by atoms with E-state index in [9.17, 15) is 0 Å². The maximum absolute atomic E-state index is 4.97. The molecular weight excluding hydrogens is 507 g/mol. The number of benzene rings is 2. The number of rotatable bonds is 3. The van der Waals surface area contributed by atoms with Crippen molar-refractivity contribution in [3.05, 3.63) is 80.4 Å². The van der Waals surface area contributed by atoms with Crippen LogP contribution in [0.4, 0.5) is 0 Å². The summed E-state index contributed by atoms with van der Waals surface area (Å²) in [6.45, 7) is 23.1. The summed E-state index contributed by atoms with van der Waals surface area (Å²) in [7, 11) is 12.8. The molecule has 0 aliphatic heterocycles. The zero-order chi connectivity index (χ0) is 24.5. The van der Waals surface area contributed by atoms with Gasteiger partial charge in [-0.1, -0.05) is 86.1 Å². The van der Waals surface area contributed by atoms with E-state index in [2.05, 4.69) is 99.2 Å². The van der Waals surface area contributed by atoms with Crippen LogP contribution in [0.25, 0.3) is 0 Å². The van der Waals surface area contributed by atoms with E-state index >= 15 is 0 Å². The van der Waals surface area contributed by atoms with Crippen LogP contribution in [0.15, 0.2) is 30.3 Å². The standard InChI is InChI=1S/C27H35Si.3ClH.Ti/c1-16-11-17(2)13-25(12-16)28(10,26-14-18(3)20(5)19(4)15-26)27-23(8)21(6)22(7)24(27)9;;;;/h11-15H,1-10H3;3*1H;/q-1;;;;+4/p-3. The zero-order valence-electron chi connectivity index (χ0n) is 21.0. The second-order valence-electron chi connectivity index (χ2n) is 9.33. The third-order valence-corrected chi connectivity index (χ3v) is 11.9. The van der Waals surface area contributed by atoms with Crippen LogP contribution in [0.2, 0.25) is 6.55 Å². The molecule has 1 atom stereocenters. The summed E-state index contributed by atoms with van der Waals surface area (Å²) in [5, 5.41) is 4.69. The molecule has 0 saturated heterocycles. The van der Waals surface area contributed by atoms with Gasteiger partial charge in [-0.2, -0.15) is 22.3 Å². The van der Waals surface area contributed by atoms with E-state index in [0.29, 0.717) is 0 Å². The van der Waals surface area contributed by atoms with E-state index in [4.69, 9.17) is 27.9 Å². The molecule has 0 aliphatic rings. The molecular formula is C27H35Cl3SiTi. The van der Waals surface area contributed by atoms with E-state index in [1.165, 1.54) is 60.4 Å². The van der Waals surface area contributed by atoms with Crippen LogP contribution in [-0.4, -0.2) is 8.07 Å². The molecule has 0 saturated carbocycles. The third-order valence-electron chi connectivity index (χ3n) is 7.24. The van der Waals surface area contributed by atoms with Crippen LogP contribution in [0.5, 0.6) is 0 Å². The third kappa shape index (κ3) is 5.62. The molecule has 5 heteroatoms. The number of hydrogen-bond acceptors (Lipinski definition) is 0.